The van der Waals surface area contributed by atoms with E-state index in [4.69, 9.17) is 0 Å². The molecule has 75 valence electrons. The standard InChI is InChI=1S/C13H17S/c1-4-9-7-8-12-13(9)10(5-2)11(6-3)14-12/h7-8H,4-6H2,1-3H3. The number of thioether (sulfide) groups is 1. The summed E-state index contributed by atoms with van der Waals surface area (Å²) in [6.07, 6.45) is 8.11. The highest BCUT2D eigenvalue weighted by molar-refractivity contribution is 8.06. The summed E-state index contributed by atoms with van der Waals surface area (Å²) in [5.41, 5.74) is 4.71. The second-order valence-corrected chi connectivity index (χ2v) is 4.80. The first kappa shape index (κ1) is 10.1. The van der Waals surface area contributed by atoms with Crippen molar-refractivity contribution in [3.05, 3.63) is 39.0 Å². The molecule has 0 aromatic rings. The van der Waals surface area contributed by atoms with Gasteiger partial charge in [0.1, 0.15) is 0 Å². The number of rotatable bonds is 3. The predicted molar refractivity (Wildman–Crippen MR) is 64.9 cm³/mol. The van der Waals surface area contributed by atoms with E-state index in [9.17, 15) is 0 Å². The maximum Gasteiger partial charge on any atom is 0.0610 e. The zero-order valence-electron chi connectivity index (χ0n) is 9.18. The molecular weight excluding hydrogens is 188 g/mol. The summed E-state index contributed by atoms with van der Waals surface area (Å²) >= 11 is 1.98. The van der Waals surface area contributed by atoms with Gasteiger partial charge >= 0.3 is 0 Å². The minimum Gasteiger partial charge on any atom is -0.112 e. The van der Waals surface area contributed by atoms with E-state index in [1.807, 2.05) is 11.8 Å². The Morgan fingerprint density at radius 2 is 1.79 bits per heavy atom. The highest BCUT2D eigenvalue weighted by Gasteiger charge is 2.31. The van der Waals surface area contributed by atoms with Gasteiger partial charge < -0.3 is 0 Å². The Hall–Kier alpha value is -0.430. The van der Waals surface area contributed by atoms with E-state index in [1.54, 1.807) is 16.4 Å². The molecule has 0 aromatic heterocycles. The third kappa shape index (κ3) is 1.38. The predicted octanol–water partition coefficient (Wildman–Crippen LogP) is 4.62. The van der Waals surface area contributed by atoms with Gasteiger partial charge in [-0.25, -0.2) is 0 Å². The van der Waals surface area contributed by atoms with Gasteiger partial charge in [0.25, 0.3) is 0 Å². The Kier molecular flexibility index (Phi) is 2.87. The first-order valence-corrected chi connectivity index (χ1v) is 6.32. The van der Waals surface area contributed by atoms with Gasteiger partial charge in [-0.05, 0) is 42.1 Å². The Balaban J connectivity index is 2.39. The molecule has 0 spiro atoms. The molecular formula is C13H17S. The zero-order chi connectivity index (χ0) is 10.1. The molecule has 0 aromatic carbocycles. The van der Waals surface area contributed by atoms with Crippen molar-refractivity contribution in [2.75, 3.05) is 0 Å². The van der Waals surface area contributed by atoms with Crippen LogP contribution < -0.4 is 0 Å². The molecule has 1 aliphatic heterocycles. The number of allylic oxidation sites excluding steroid dienone is 4. The SMILES string of the molecule is CC[C]1SC2=CC=C(CC)C2=C1CC. The Bertz CT molecular complexity index is 331. The lowest BCUT2D eigenvalue weighted by Crippen LogP contribution is -1.92. The van der Waals surface area contributed by atoms with Crippen LogP contribution in [0.1, 0.15) is 40.0 Å². The third-order valence-corrected chi connectivity index (χ3v) is 4.27. The molecule has 1 heteroatoms. The van der Waals surface area contributed by atoms with Crippen LogP contribution in [0.25, 0.3) is 0 Å². The minimum absolute atomic E-state index is 1.16. The molecule has 0 saturated carbocycles. The molecule has 0 saturated heterocycles. The maximum absolute atomic E-state index is 2.29. The zero-order valence-corrected chi connectivity index (χ0v) is 10.0. The van der Waals surface area contributed by atoms with E-state index in [0.717, 1.165) is 6.42 Å². The molecule has 0 amide bonds. The van der Waals surface area contributed by atoms with Crippen LogP contribution in [0.15, 0.2) is 33.8 Å². The first-order valence-electron chi connectivity index (χ1n) is 5.50. The van der Waals surface area contributed by atoms with Gasteiger partial charge in [0.2, 0.25) is 0 Å². The summed E-state index contributed by atoms with van der Waals surface area (Å²) in [7, 11) is 0. The topological polar surface area (TPSA) is 0 Å². The molecule has 0 bridgehead atoms. The van der Waals surface area contributed by atoms with Crippen molar-refractivity contribution in [1.82, 2.24) is 0 Å². The summed E-state index contributed by atoms with van der Waals surface area (Å²) < 4.78 is 0. The Labute approximate surface area is 91.2 Å². The maximum atomic E-state index is 2.29. The third-order valence-electron chi connectivity index (χ3n) is 2.93. The van der Waals surface area contributed by atoms with Gasteiger partial charge in [-0.15, -0.1) is 11.8 Å². The van der Waals surface area contributed by atoms with Crippen molar-refractivity contribution in [3.63, 3.8) is 0 Å². The van der Waals surface area contributed by atoms with Crippen LogP contribution in [0, 0.1) is 5.25 Å². The molecule has 0 nitrogen and oxygen atoms in total. The first-order chi connectivity index (χ1) is 6.81. The molecule has 1 radical (unpaired) electrons. The lowest BCUT2D eigenvalue weighted by Gasteiger charge is -2.09. The smallest absolute Gasteiger partial charge is 0.0610 e. The molecule has 14 heavy (non-hydrogen) atoms. The summed E-state index contributed by atoms with van der Waals surface area (Å²) in [6.45, 7) is 6.78. The largest absolute Gasteiger partial charge is 0.112 e. The van der Waals surface area contributed by atoms with Crippen molar-refractivity contribution in [1.29, 1.82) is 0 Å². The Morgan fingerprint density at radius 3 is 2.36 bits per heavy atom. The average Bonchev–Trinajstić information content (AvgIpc) is 2.74. The number of hydrogen-bond acceptors (Lipinski definition) is 1. The van der Waals surface area contributed by atoms with Crippen molar-refractivity contribution in [3.8, 4) is 0 Å². The van der Waals surface area contributed by atoms with Gasteiger partial charge in [-0.3, -0.25) is 0 Å². The van der Waals surface area contributed by atoms with Crippen molar-refractivity contribution in [2.24, 2.45) is 0 Å². The molecule has 0 N–H and O–H groups in total. The van der Waals surface area contributed by atoms with Gasteiger partial charge in [0, 0.05) is 4.91 Å². The Morgan fingerprint density at radius 1 is 1.00 bits per heavy atom. The van der Waals surface area contributed by atoms with Gasteiger partial charge in [0.05, 0.1) is 5.25 Å². The van der Waals surface area contributed by atoms with Crippen molar-refractivity contribution < 1.29 is 0 Å². The number of hydrogen-bond donors (Lipinski definition) is 0. The molecule has 0 fully saturated rings. The fraction of sp³-hybridized carbons (Fsp3) is 0.462. The van der Waals surface area contributed by atoms with Crippen molar-refractivity contribution >= 4 is 11.8 Å². The monoisotopic (exact) mass is 205 g/mol. The van der Waals surface area contributed by atoms with Gasteiger partial charge in [-0.2, -0.15) is 0 Å². The van der Waals surface area contributed by atoms with E-state index >= 15 is 0 Å². The molecule has 0 atom stereocenters. The van der Waals surface area contributed by atoms with Crippen LogP contribution in [-0.2, 0) is 0 Å². The fourth-order valence-corrected chi connectivity index (χ4v) is 3.49. The van der Waals surface area contributed by atoms with Crippen LogP contribution in [-0.4, -0.2) is 0 Å². The van der Waals surface area contributed by atoms with Crippen LogP contribution in [0.2, 0.25) is 0 Å². The van der Waals surface area contributed by atoms with Crippen LogP contribution in [0.3, 0.4) is 0 Å². The fourth-order valence-electron chi connectivity index (χ4n) is 2.22. The van der Waals surface area contributed by atoms with E-state index < -0.39 is 0 Å². The summed E-state index contributed by atoms with van der Waals surface area (Å²) in [4.78, 5) is 1.50. The summed E-state index contributed by atoms with van der Waals surface area (Å²) in [6, 6.07) is 0. The highest BCUT2D eigenvalue weighted by Crippen LogP contribution is 2.54. The second-order valence-electron chi connectivity index (χ2n) is 3.66. The minimum atomic E-state index is 1.16. The quantitative estimate of drug-likeness (QED) is 0.648. The van der Waals surface area contributed by atoms with Crippen molar-refractivity contribution in [2.45, 2.75) is 40.0 Å². The lowest BCUT2D eigenvalue weighted by atomic mass is 9.96. The van der Waals surface area contributed by atoms with E-state index in [2.05, 4.69) is 32.9 Å². The van der Waals surface area contributed by atoms with Gasteiger partial charge in [0.15, 0.2) is 0 Å². The van der Waals surface area contributed by atoms with E-state index in [0.29, 0.717) is 0 Å². The molecule has 1 heterocycles. The molecule has 2 rings (SSSR count). The van der Waals surface area contributed by atoms with E-state index in [-0.39, 0.29) is 0 Å². The van der Waals surface area contributed by atoms with E-state index in [1.165, 1.54) is 23.3 Å². The van der Waals surface area contributed by atoms with Crippen LogP contribution in [0.4, 0.5) is 0 Å². The van der Waals surface area contributed by atoms with Crippen LogP contribution in [0.5, 0.6) is 0 Å². The molecule has 1 aliphatic carbocycles. The number of fused-ring (bicyclic) bond motifs is 1. The second kappa shape index (κ2) is 3.98. The highest BCUT2D eigenvalue weighted by atomic mass is 32.2. The van der Waals surface area contributed by atoms with Crippen LogP contribution >= 0.6 is 11.8 Å². The summed E-state index contributed by atoms with van der Waals surface area (Å²) in [5.74, 6) is 0. The average molecular weight is 205 g/mol. The molecule has 2 aliphatic rings. The normalized spacial score (nSPS) is 21.4. The lowest BCUT2D eigenvalue weighted by molar-refractivity contribution is 0.981. The summed E-state index contributed by atoms with van der Waals surface area (Å²) in [5, 5.41) is 1.59. The van der Waals surface area contributed by atoms with Gasteiger partial charge in [-0.1, -0.05) is 26.8 Å². The molecule has 0 unspecified atom stereocenters.